The van der Waals surface area contributed by atoms with Gasteiger partial charge in [0.05, 0.1) is 32.0 Å². The van der Waals surface area contributed by atoms with Crippen molar-refractivity contribution in [2.75, 3.05) is 54.7 Å². The van der Waals surface area contributed by atoms with Crippen LogP contribution in [0, 0.1) is 0 Å². The van der Waals surface area contributed by atoms with Crippen LogP contribution >= 0.6 is 22.6 Å². The van der Waals surface area contributed by atoms with E-state index in [0.29, 0.717) is 37.8 Å². The Bertz CT molecular complexity index is 1270. The van der Waals surface area contributed by atoms with Gasteiger partial charge in [-0.25, -0.2) is 13.1 Å². The maximum absolute atomic E-state index is 14.0. The SMILES string of the molecule is COCCN(CCOC)C(=O)c1cc(S(=O)(=O)N(Cc2ccc(OC)cc2)Cc2ccc(OC)cc2)nn1CI. The van der Waals surface area contributed by atoms with Crippen LogP contribution in [0.5, 0.6) is 11.5 Å². The van der Waals surface area contributed by atoms with Crippen molar-refractivity contribution in [2.45, 2.75) is 22.7 Å². The number of ether oxygens (including phenoxy) is 4. The molecule has 0 radical (unpaired) electrons. The lowest BCUT2D eigenvalue weighted by molar-refractivity contribution is 0.0617. The van der Waals surface area contributed by atoms with E-state index in [1.165, 1.54) is 15.1 Å². The van der Waals surface area contributed by atoms with Crippen molar-refractivity contribution in [2.24, 2.45) is 0 Å². The summed E-state index contributed by atoms with van der Waals surface area (Å²) in [6, 6.07) is 15.7. The summed E-state index contributed by atoms with van der Waals surface area (Å²) < 4.78 is 51.9. The number of carbonyl (C=O) groups is 1. The van der Waals surface area contributed by atoms with Crippen LogP contribution in [0.3, 0.4) is 0 Å². The number of aromatic nitrogens is 2. The molecule has 0 saturated heterocycles. The molecular weight excluding hydrogens is 651 g/mol. The number of rotatable bonds is 16. The van der Waals surface area contributed by atoms with Crippen LogP contribution in [0.15, 0.2) is 59.6 Å². The summed E-state index contributed by atoms with van der Waals surface area (Å²) in [5.41, 5.74) is 1.72. The van der Waals surface area contributed by atoms with E-state index in [4.69, 9.17) is 18.9 Å². The van der Waals surface area contributed by atoms with E-state index in [0.717, 1.165) is 11.1 Å². The van der Waals surface area contributed by atoms with Gasteiger partial charge in [-0.05, 0) is 35.4 Å². The smallest absolute Gasteiger partial charge is 0.272 e. The van der Waals surface area contributed by atoms with Crippen LogP contribution in [0.1, 0.15) is 21.6 Å². The molecule has 0 bridgehead atoms. The van der Waals surface area contributed by atoms with E-state index in [-0.39, 0.29) is 34.3 Å². The molecule has 3 rings (SSSR count). The van der Waals surface area contributed by atoms with E-state index in [1.807, 2.05) is 24.3 Å². The number of benzene rings is 2. The van der Waals surface area contributed by atoms with Gasteiger partial charge in [-0.1, -0.05) is 46.9 Å². The lowest BCUT2D eigenvalue weighted by atomic mass is 10.2. The molecule has 40 heavy (non-hydrogen) atoms. The Morgan fingerprint density at radius 2 is 1.32 bits per heavy atom. The van der Waals surface area contributed by atoms with Crippen molar-refractivity contribution in [1.29, 1.82) is 0 Å². The molecule has 0 saturated carbocycles. The van der Waals surface area contributed by atoms with E-state index >= 15 is 0 Å². The van der Waals surface area contributed by atoms with E-state index < -0.39 is 10.0 Å². The Labute approximate surface area is 249 Å². The number of nitrogens with zero attached hydrogens (tertiary/aromatic N) is 4. The first-order valence-electron chi connectivity index (χ1n) is 12.4. The Morgan fingerprint density at radius 3 is 1.73 bits per heavy atom. The molecular formula is C27H35IN4O7S. The van der Waals surface area contributed by atoms with Crippen molar-refractivity contribution >= 4 is 38.5 Å². The number of carbonyl (C=O) groups excluding carboxylic acids is 1. The Hall–Kier alpha value is -2.72. The van der Waals surface area contributed by atoms with Gasteiger partial charge in [-0.15, -0.1) is 0 Å². The second-order valence-electron chi connectivity index (χ2n) is 8.73. The summed E-state index contributed by atoms with van der Waals surface area (Å²) in [6.45, 7) is 1.49. The monoisotopic (exact) mass is 686 g/mol. The molecule has 0 N–H and O–H groups in total. The van der Waals surface area contributed by atoms with Gasteiger partial charge in [0.2, 0.25) is 0 Å². The molecule has 2 aromatic carbocycles. The highest BCUT2D eigenvalue weighted by Crippen LogP contribution is 2.24. The fraction of sp³-hybridized carbons (Fsp3) is 0.407. The van der Waals surface area contributed by atoms with E-state index in [1.54, 1.807) is 57.6 Å². The van der Waals surface area contributed by atoms with Crippen molar-refractivity contribution in [3.8, 4) is 11.5 Å². The first-order chi connectivity index (χ1) is 19.3. The normalized spacial score (nSPS) is 11.6. The molecule has 13 heteroatoms. The Kier molecular flexibility index (Phi) is 12.2. The minimum Gasteiger partial charge on any atom is -0.497 e. The molecule has 1 amide bonds. The van der Waals surface area contributed by atoms with Gasteiger partial charge < -0.3 is 23.8 Å². The minimum absolute atomic E-state index is 0.0898. The molecule has 0 aliphatic heterocycles. The molecule has 0 aliphatic rings. The third-order valence-corrected chi connectivity index (χ3v) is 8.46. The number of hydrogen-bond acceptors (Lipinski definition) is 8. The average molecular weight is 687 g/mol. The van der Waals surface area contributed by atoms with Gasteiger partial charge in [-0.2, -0.15) is 9.40 Å². The third-order valence-electron chi connectivity index (χ3n) is 6.15. The number of hydrogen-bond donors (Lipinski definition) is 0. The Morgan fingerprint density at radius 1 is 0.850 bits per heavy atom. The molecule has 0 spiro atoms. The van der Waals surface area contributed by atoms with Gasteiger partial charge in [-0.3, -0.25) is 4.79 Å². The zero-order valence-corrected chi connectivity index (χ0v) is 26.1. The predicted molar refractivity (Wildman–Crippen MR) is 158 cm³/mol. The zero-order valence-electron chi connectivity index (χ0n) is 23.1. The maximum Gasteiger partial charge on any atom is 0.272 e. The number of halogens is 1. The highest BCUT2D eigenvalue weighted by Gasteiger charge is 2.31. The fourth-order valence-electron chi connectivity index (χ4n) is 3.89. The lowest BCUT2D eigenvalue weighted by Crippen LogP contribution is -2.37. The number of sulfonamides is 1. The first-order valence-corrected chi connectivity index (χ1v) is 15.4. The summed E-state index contributed by atoms with van der Waals surface area (Å²) >= 11 is 2.05. The summed E-state index contributed by atoms with van der Waals surface area (Å²) in [5.74, 6) is 0.990. The first kappa shape index (κ1) is 31.8. The number of methoxy groups -OCH3 is 4. The van der Waals surface area contributed by atoms with Gasteiger partial charge >= 0.3 is 0 Å². The minimum atomic E-state index is -4.12. The van der Waals surface area contributed by atoms with E-state index in [2.05, 4.69) is 27.7 Å². The molecule has 218 valence electrons. The van der Waals surface area contributed by atoms with Crippen LogP contribution in [0.4, 0.5) is 0 Å². The quantitative estimate of drug-likeness (QED) is 0.167. The van der Waals surface area contributed by atoms with Gasteiger partial charge in [0.1, 0.15) is 17.2 Å². The predicted octanol–water partition coefficient (Wildman–Crippen LogP) is 3.42. The summed E-state index contributed by atoms with van der Waals surface area (Å²) in [4.78, 5) is 15.0. The van der Waals surface area contributed by atoms with Crippen molar-refractivity contribution in [3.05, 3.63) is 71.4 Å². The molecule has 0 unspecified atom stereocenters. The largest absolute Gasteiger partial charge is 0.497 e. The second-order valence-corrected chi connectivity index (χ2v) is 11.3. The molecule has 0 aliphatic carbocycles. The molecule has 1 aromatic heterocycles. The average Bonchev–Trinajstić information content (AvgIpc) is 3.43. The highest BCUT2D eigenvalue weighted by atomic mass is 127. The molecule has 11 nitrogen and oxygen atoms in total. The second kappa shape index (κ2) is 15.3. The third kappa shape index (κ3) is 8.16. The summed E-state index contributed by atoms with van der Waals surface area (Å²) in [6.07, 6.45) is 0. The van der Waals surface area contributed by atoms with E-state index in [9.17, 15) is 13.2 Å². The van der Waals surface area contributed by atoms with Crippen LogP contribution in [-0.2, 0) is 37.1 Å². The van der Waals surface area contributed by atoms with Gasteiger partial charge in [0, 0.05) is 46.5 Å². The number of alkyl halides is 1. The van der Waals surface area contributed by atoms with Crippen LogP contribution in [-0.4, -0.2) is 88.1 Å². The molecule has 1 heterocycles. The van der Waals surface area contributed by atoms with Gasteiger partial charge in [0.25, 0.3) is 15.9 Å². The van der Waals surface area contributed by atoms with Crippen molar-refractivity contribution in [1.82, 2.24) is 19.0 Å². The fourth-order valence-corrected chi connectivity index (χ4v) is 5.77. The van der Waals surface area contributed by atoms with Crippen LogP contribution in [0.2, 0.25) is 0 Å². The molecule has 3 aromatic rings. The highest BCUT2D eigenvalue weighted by molar-refractivity contribution is 14.1. The summed E-state index contributed by atoms with van der Waals surface area (Å²) in [5, 5.41) is 4.15. The van der Waals surface area contributed by atoms with Crippen molar-refractivity contribution in [3.63, 3.8) is 0 Å². The lowest BCUT2D eigenvalue weighted by Gasteiger charge is -2.22. The van der Waals surface area contributed by atoms with Crippen molar-refractivity contribution < 1.29 is 32.2 Å². The maximum atomic E-state index is 14.0. The summed E-state index contributed by atoms with van der Waals surface area (Å²) in [7, 11) is 2.14. The molecule has 0 fully saturated rings. The standard InChI is InChI=1S/C27H35IN4O7S/c1-36-15-13-30(14-16-37-2)27(33)25-17-26(29-32(25)20-28)40(34,35)31(18-21-5-9-23(38-3)10-6-21)19-22-7-11-24(39-4)12-8-22/h5-12,17H,13-16,18-20H2,1-4H3. The number of amides is 1. The topological polar surface area (TPSA) is 112 Å². The van der Waals surface area contributed by atoms with Crippen LogP contribution in [0.25, 0.3) is 0 Å². The molecule has 0 atom stereocenters. The Balaban J connectivity index is 1.98. The van der Waals surface area contributed by atoms with Crippen LogP contribution < -0.4 is 9.47 Å². The van der Waals surface area contributed by atoms with Gasteiger partial charge in [0.15, 0.2) is 5.03 Å². The zero-order chi connectivity index (χ0) is 29.1.